The van der Waals surface area contributed by atoms with Crippen LogP contribution >= 0.6 is 0 Å². The van der Waals surface area contributed by atoms with E-state index in [2.05, 4.69) is 25.8 Å². The van der Waals surface area contributed by atoms with Crippen LogP contribution in [0.4, 0.5) is 0 Å². The van der Waals surface area contributed by atoms with Crippen molar-refractivity contribution in [1.29, 1.82) is 0 Å². The largest absolute Gasteiger partial charge is 0.481 e. The Balaban J connectivity index is 1.99. The number of hydrogen-bond donors (Lipinski definition) is 1. The minimum atomic E-state index is -0.719. The third-order valence-electron chi connectivity index (χ3n) is 5.01. The fraction of sp³-hybridized carbons (Fsp3) is 0.933. The number of nitrogens with zero attached hydrogens (tertiary/aromatic N) is 1. The Hall–Kier alpha value is -0.610. The van der Waals surface area contributed by atoms with Crippen LogP contribution in [0.1, 0.15) is 46.0 Å². The van der Waals surface area contributed by atoms with E-state index >= 15 is 0 Å². The monoisotopic (exact) mass is 269 g/mol. The van der Waals surface area contributed by atoms with E-state index in [0.29, 0.717) is 24.7 Å². The van der Waals surface area contributed by atoms with Gasteiger partial charge in [-0.1, -0.05) is 20.3 Å². The molecular formula is C15H27NO3. The fourth-order valence-electron chi connectivity index (χ4n) is 3.50. The van der Waals surface area contributed by atoms with E-state index in [9.17, 15) is 9.90 Å². The van der Waals surface area contributed by atoms with Crippen molar-refractivity contribution >= 4 is 5.97 Å². The first kappa shape index (κ1) is 14.8. The van der Waals surface area contributed by atoms with Gasteiger partial charge in [-0.2, -0.15) is 0 Å². The lowest BCUT2D eigenvalue weighted by molar-refractivity contribution is -0.143. The highest BCUT2D eigenvalue weighted by Crippen LogP contribution is 2.36. The van der Waals surface area contributed by atoms with E-state index in [4.69, 9.17) is 4.74 Å². The summed E-state index contributed by atoms with van der Waals surface area (Å²) in [4.78, 5) is 13.5. The van der Waals surface area contributed by atoms with Gasteiger partial charge in [0.05, 0.1) is 19.1 Å². The molecular weight excluding hydrogens is 242 g/mol. The number of likely N-dealkylation sites (N-methyl/N-ethyl adjacent to an activating group) is 1. The molecule has 3 unspecified atom stereocenters. The number of carboxylic acids is 1. The molecule has 0 aromatic carbocycles. The highest BCUT2D eigenvalue weighted by Gasteiger charge is 2.39. The maximum Gasteiger partial charge on any atom is 0.310 e. The average molecular weight is 269 g/mol. The van der Waals surface area contributed by atoms with Crippen LogP contribution in [0.25, 0.3) is 0 Å². The van der Waals surface area contributed by atoms with Gasteiger partial charge in [0.2, 0.25) is 0 Å². The summed E-state index contributed by atoms with van der Waals surface area (Å²) in [5.74, 6) is -1.08. The SMILES string of the molecule is CN(C1CCCC(C)(C)CC1)C1COCC1C(=O)O. The minimum absolute atomic E-state index is 0.0451. The number of ether oxygens (including phenoxy) is 1. The van der Waals surface area contributed by atoms with Crippen molar-refractivity contribution in [1.82, 2.24) is 4.90 Å². The molecule has 1 saturated carbocycles. The molecule has 4 heteroatoms. The van der Waals surface area contributed by atoms with Crippen LogP contribution in [-0.4, -0.2) is 48.3 Å². The first-order valence-corrected chi connectivity index (χ1v) is 7.43. The molecule has 0 aromatic rings. The van der Waals surface area contributed by atoms with E-state index in [1.54, 1.807) is 0 Å². The second-order valence-corrected chi connectivity index (χ2v) is 6.96. The normalized spacial score (nSPS) is 35.3. The van der Waals surface area contributed by atoms with Gasteiger partial charge in [-0.3, -0.25) is 9.69 Å². The topological polar surface area (TPSA) is 49.8 Å². The summed E-state index contributed by atoms with van der Waals surface area (Å²) >= 11 is 0. The van der Waals surface area contributed by atoms with Crippen LogP contribution in [0.2, 0.25) is 0 Å². The Bertz CT molecular complexity index is 329. The van der Waals surface area contributed by atoms with Crippen LogP contribution in [-0.2, 0) is 9.53 Å². The molecule has 0 spiro atoms. The van der Waals surface area contributed by atoms with Gasteiger partial charge in [-0.05, 0) is 38.1 Å². The second-order valence-electron chi connectivity index (χ2n) is 6.96. The summed E-state index contributed by atoms with van der Waals surface area (Å²) in [6, 6.07) is 0.555. The van der Waals surface area contributed by atoms with Crippen molar-refractivity contribution in [3.8, 4) is 0 Å². The Morgan fingerprint density at radius 2 is 2.00 bits per heavy atom. The molecule has 1 aliphatic heterocycles. The van der Waals surface area contributed by atoms with Crippen molar-refractivity contribution in [2.45, 2.75) is 58.0 Å². The lowest BCUT2D eigenvalue weighted by Gasteiger charge is -2.34. The molecule has 0 radical (unpaired) electrons. The zero-order chi connectivity index (χ0) is 14.0. The third kappa shape index (κ3) is 3.48. The molecule has 1 N–H and O–H groups in total. The molecule has 0 aromatic heterocycles. The summed E-state index contributed by atoms with van der Waals surface area (Å²) in [5.41, 5.74) is 0.438. The molecule has 1 saturated heterocycles. The van der Waals surface area contributed by atoms with Gasteiger partial charge >= 0.3 is 5.97 Å². The van der Waals surface area contributed by atoms with Crippen LogP contribution in [0.5, 0.6) is 0 Å². The zero-order valence-corrected chi connectivity index (χ0v) is 12.4. The van der Waals surface area contributed by atoms with Crippen molar-refractivity contribution < 1.29 is 14.6 Å². The summed E-state index contributed by atoms with van der Waals surface area (Å²) in [5, 5.41) is 9.26. The average Bonchev–Trinajstić information content (AvgIpc) is 2.74. The minimum Gasteiger partial charge on any atom is -0.481 e. The maximum absolute atomic E-state index is 11.3. The zero-order valence-electron chi connectivity index (χ0n) is 12.4. The maximum atomic E-state index is 11.3. The van der Waals surface area contributed by atoms with Gasteiger partial charge in [-0.25, -0.2) is 0 Å². The van der Waals surface area contributed by atoms with Crippen LogP contribution in [0.3, 0.4) is 0 Å². The first-order chi connectivity index (χ1) is 8.91. The number of hydrogen-bond acceptors (Lipinski definition) is 3. The number of aliphatic carboxylic acids is 1. The molecule has 4 nitrogen and oxygen atoms in total. The Morgan fingerprint density at radius 1 is 1.26 bits per heavy atom. The summed E-state index contributed by atoms with van der Waals surface area (Å²) in [6.07, 6.45) is 6.11. The Labute approximate surface area is 116 Å². The summed E-state index contributed by atoms with van der Waals surface area (Å²) < 4.78 is 5.39. The highest BCUT2D eigenvalue weighted by atomic mass is 16.5. The number of carbonyl (C=O) groups is 1. The standard InChI is InChI=1S/C15H27NO3/c1-15(2)7-4-5-11(6-8-15)16(3)13-10-19-9-12(13)14(17)18/h11-13H,4-10H2,1-3H3,(H,17,18). The van der Waals surface area contributed by atoms with E-state index in [-0.39, 0.29) is 12.0 Å². The molecule has 3 atom stereocenters. The molecule has 2 rings (SSSR count). The molecule has 0 amide bonds. The van der Waals surface area contributed by atoms with Gasteiger partial charge in [0, 0.05) is 12.1 Å². The predicted octanol–water partition coefficient (Wildman–Crippen LogP) is 2.38. The highest BCUT2D eigenvalue weighted by molar-refractivity contribution is 5.71. The van der Waals surface area contributed by atoms with Crippen LogP contribution < -0.4 is 0 Å². The van der Waals surface area contributed by atoms with Crippen LogP contribution in [0, 0.1) is 11.3 Å². The molecule has 0 bridgehead atoms. The van der Waals surface area contributed by atoms with E-state index in [0.717, 1.165) is 0 Å². The fourth-order valence-corrected chi connectivity index (χ4v) is 3.50. The van der Waals surface area contributed by atoms with Crippen molar-refractivity contribution in [3.05, 3.63) is 0 Å². The number of rotatable bonds is 3. The number of carboxylic acid groups (broad SMARTS) is 1. The second kappa shape index (κ2) is 5.80. The van der Waals surface area contributed by atoms with Gasteiger partial charge in [0.1, 0.15) is 0 Å². The molecule has 2 aliphatic rings. The lowest BCUT2D eigenvalue weighted by atomic mass is 9.85. The Morgan fingerprint density at radius 3 is 2.68 bits per heavy atom. The van der Waals surface area contributed by atoms with E-state index in [1.165, 1.54) is 32.1 Å². The van der Waals surface area contributed by atoms with Gasteiger partial charge < -0.3 is 9.84 Å². The van der Waals surface area contributed by atoms with E-state index < -0.39 is 5.97 Å². The Kier molecular flexibility index (Phi) is 4.51. The molecule has 1 aliphatic carbocycles. The quantitative estimate of drug-likeness (QED) is 0.799. The van der Waals surface area contributed by atoms with Crippen LogP contribution in [0.15, 0.2) is 0 Å². The predicted molar refractivity (Wildman–Crippen MR) is 74.1 cm³/mol. The first-order valence-electron chi connectivity index (χ1n) is 7.43. The summed E-state index contributed by atoms with van der Waals surface area (Å²) in [7, 11) is 2.08. The van der Waals surface area contributed by atoms with Crippen molar-refractivity contribution in [3.63, 3.8) is 0 Å². The van der Waals surface area contributed by atoms with Crippen molar-refractivity contribution in [2.75, 3.05) is 20.3 Å². The molecule has 1 heterocycles. The third-order valence-corrected chi connectivity index (χ3v) is 5.01. The van der Waals surface area contributed by atoms with E-state index in [1.807, 2.05) is 0 Å². The van der Waals surface area contributed by atoms with Gasteiger partial charge in [-0.15, -0.1) is 0 Å². The lowest BCUT2D eigenvalue weighted by Crippen LogP contribution is -2.46. The smallest absolute Gasteiger partial charge is 0.310 e. The molecule has 110 valence electrons. The molecule has 19 heavy (non-hydrogen) atoms. The molecule has 2 fully saturated rings. The van der Waals surface area contributed by atoms with Crippen molar-refractivity contribution in [2.24, 2.45) is 11.3 Å². The summed E-state index contributed by atoms with van der Waals surface area (Å²) in [6.45, 7) is 5.61. The van der Waals surface area contributed by atoms with Gasteiger partial charge in [0.25, 0.3) is 0 Å². The van der Waals surface area contributed by atoms with Gasteiger partial charge in [0.15, 0.2) is 0 Å².